The van der Waals surface area contributed by atoms with Gasteiger partial charge in [0.05, 0.1) is 4.20 Å². The highest BCUT2D eigenvalue weighted by atomic mass is 32.2. The van der Waals surface area contributed by atoms with Crippen molar-refractivity contribution >= 4 is 34.4 Å². The Kier molecular flexibility index (Phi) is 4.99. The van der Waals surface area contributed by atoms with Gasteiger partial charge < -0.3 is 0 Å². The fourth-order valence-corrected chi connectivity index (χ4v) is 2.55. The van der Waals surface area contributed by atoms with E-state index in [9.17, 15) is 0 Å². The first-order valence-electron chi connectivity index (χ1n) is 4.86. The van der Waals surface area contributed by atoms with Gasteiger partial charge in [-0.1, -0.05) is 50.3 Å². The number of hydrogen-bond acceptors (Lipinski definition) is 3. The Morgan fingerprint density at radius 2 is 1.93 bits per heavy atom. The van der Waals surface area contributed by atoms with E-state index < -0.39 is 0 Å². The van der Waals surface area contributed by atoms with E-state index in [1.165, 1.54) is 0 Å². The van der Waals surface area contributed by atoms with Crippen molar-refractivity contribution < 1.29 is 0 Å². The van der Waals surface area contributed by atoms with Crippen LogP contribution in [0.3, 0.4) is 0 Å². The number of thiocarbonyl (C=S) groups is 1. The first-order chi connectivity index (χ1) is 7.13. The molecule has 0 fully saturated rings. The average Bonchev–Trinajstić information content (AvgIpc) is 2.18. The Morgan fingerprint density at radius 3 is 2.40 bits per heavy atom. The molecule has 15 heavy (non-hydrogen) atoms. The summed E-state index contributed by atoms with van der Waals surface area (Å²) in [4.78, 5) is 3.97. The Hall–Kier alpha value is -0.670. The van der Waals surface area contributed by atoms with Gasteiger partial charge in [0.15, 0.2) is 0 Å². The van der Waals surface area contributed by atoms with E-state index >= 15 is 0 Å². The highest BCUT2D eigenvalue weighted by Crippen LogP contribution is 2.18. The van der Waals surface area contributed by atoms with Crippen LogP contribution in [0.15, 0.2) is 29.3 Å². The zero-order chi connectivity index (χ0) is 11.3. The smallest absolute Gasteiger partial charge is 0.0780 e. The van der Waals surface area contributed by atoms with E-state index in [4.69, 9.17) is 12.2 Å². The maximum atomic E-state index is 5.33. The summed E-state index contributed by atoms with van der Waals surface area (Å²) in [6.45, 7) is 4.30. The van der Waals surface area contributed by atoms with Crippen LogP contribution in [0.5, 0.6) is 0 Å². The third kappa shape index (κ3) is 4.14. The standard InChI is InChI=1S/C12H15NS2/c1-9(2)15-12(14)11-6-4-10(5-7-11)8-13-3/h4-9H,1-3H3/b13-8+. The van der Waals surface area contributed by atoms with Crippen LogP contribution in [0.1, 0.15) is 25.0 Å². The molecule has 0 radical (unpaired) electrons. The van der Waals surface area contributed by atoms with Gasteiger partial charge >= 0.3 is 0 Å². The molecule has 0 bridgehead atoms. The highest BCUT2D eigenvalue weighted by Gasteiger charge is 2.04. The molecule has 0 unspecified atom stereocenters. The third-order valence-electron chi connectivity index (χ3n) is 1.77. The first kappa shape index (κ1) is 12.4. The number of rotatable bonds is 3. The topological polar surface area (TPSA) is 12.4 Å². The Labute approximate surface area is 101 Å². The van der Waals surface area contributed by atoms with Crippen LogP contribution < -0.4 is 0 Å². The summed E-state index contributed by atoms with van der Waals surface area (Å²) in [5.41, 5.74) is 2.23. The van der Waals surface area contributed by atoms with E-state index in [0.29, 0.717) is 5.25 Å². The van der Waals surface area contributed by atoms with Crippen LogP contribution in [0, 0.1) is 0 Å². The summed E-state index contributed by atoms with van der Waals surface area (Å²) in [6.07, 6.45) is 1.84. The molecule has 1 nitrogen and oxygen atoms in total. The fraction of sp³-hybridized carbons (Fsp3) is 0.333. The van der Waals surface area contributed by atoms with E-state index in [0.717, 1.165) is 15.3 Å². The molecule has 0 aromatic heterocycles. The lowest BCUT2D eigenvalue weighted by atomic mass is 10.2. The van der Waals surface area contributed by atoms with Gasteiger partial charge in [-0.15, -0.1) is 11.8 Å². The SMILES string of the molecule is C/N=C/c1ccc(C(=S)SC(C)C)cc1. The molecule has 0 spiro atoms. The van der Waals surface area contributed by atoms with Gasteiger partial charge in [-0.3, -0.25) is 4.99 Å². The van der Waals surface area contributed by atoms with E-state index in [1.807, 2.05) is 18.3 Å². The van der Waals surface area contributed by atoms with Crippen molar-refractivity contribution in [3.63, 3.8) is 0 Å². The quantitative estimate of drug-likeness (QED) is 0.589. The van der Waals surface area contributed by atoms with Crippen molar-refractivity contribution in [1.29, 1.82) is 0 Å². The van der Waals surface area contributed by atoms with Gasteiger partial charge in [0.1, 0.15) is 0 Å². The summed E-state index contributed by atoms with van der Waals surface area (Å²) in [5, 5.41) is 0.536. The summed E-state index contributed by atoms with van der Waals surface area (Å²) >= 11 is 7.06. The predicted molar refractivity (Wildman–Crippen MR) is 74.4 cm³/mol. The minimum Gasteiger partial charge on any atom is -0.296 e. The Bertz CT molecular complexity index is 352. The molecule has 1 aromatic carbocycles. The normalized spacial score (nSPS) is 11.2. The van der Waals surface area contributed by atoms with Crippen LogP contribution in [-0.4, -0.2) is 22.7 Å². The first-order valence-corrected chi connectivity index (χ1v) is 6.15. The molecular formula is C12H15NS2. The van der Waals surface area contributed by atoms with Gasteiger partial charge in [0.25, 0.3) is 0 Å². The van der Waals surface area contributed by atoms with Crippen molar-refractivity contribution in [1.82, 2.24) is 0 Å². The second kappa shape index (κ2) is 6.03. The minimum absolute atomic E-state index is 0.536. The largest absolute Gasteiger partial charge is 0.296 e. The Morgan fingerprint density at radius 1 is 1.33 bits per heavy atom. The van der Waals surface area contributed by atoms with Crippen molar-refractivity contribution in [3.05, 3.63) is 35.4 Å². The van der Waals surface area contributed by atoms with Gasteiger partial charge in [0, 0.05) is 18.5 Å². The summed E-state index contributed by atoms with van der Waals surface area (Å²) in [5.74, 6) is 0. The van der Waals surface area contributed by atoms with Crippen LogP contribution in [0.4, 0.5) is 0 Å². The number of aliphatic imine (C=N–C) groups is 1. The monoisotopic (exact) mass is 237 g/mol. The molecule has 0 atom stereocenters. The van der Waals surface area contributed by atoms with Gasteiger partial charge in [-0.2, -0.15) is 0 Å². The molecule has 0 saturated heterocycles. The lowest BCUT2D eigenvalue weighted by Gasteiger charge is -2.06. The van der Waals surface area contributed by atoms with Crippen LogP contribution >= 0.6 is 24.0 Å². The van der Waals surface area contributed by atoms with E-state index in [1.54, 1.807) is 18.8 Å². The van der Waals surface area contributed by atoms with Gasteiger partial charge in [0.2, 0.25) is 0 Å². The molecule has 0 heterocycles. The maximum Gasteiger partial charge on any atom is 0.0780 e. The molecule has 0 saturated carbocycles. The molecular weight excluding hydrogens is 222 g/mol. The number of benzene rings is 1. The zero-order valence-electron chi connectivity index (χ0n) is 9.23. The molecule has 1 aromatic rings. The number of nitrogens with zero attached hydrogens (tertiary/aromatic N) is 1. The Balaban J connectivity index is 2.75. The maximum absolute atomic E-state index is 5.33. The summed E-state index contributed by atoms with van der Waals surface area (Å²) < 4.78 is 0.963. The summed E-state index contributed by atoms with van der Waals surface area (Å²) in [6, 6.07) is 8.18. The molecule has 80 valence electrons. The van der Waals surface area contributed by atoms with Crippen LogP contribution in [0.2, 0.25) is 0 Å². The second-order valence-corrected chi connectivity index (χ2v) is 5.72. The summed E-state index contributed by atoms with van der Waals surface area (Å²) in [7, 11) is 1.77. The minimum atomic E-state index is 0.536. The number of hydrogen-bond donors (Lipinski definition) is 0. The molecule has 1 rings (SSSR count). The molecule has 3 heteroatoms. The van der Waals surface area contributed by atoms with Crippen LogP contribution in [-0.2, 0) is 0 Å². The fourth-order valence-electron chi connectivity index (χ4n) is 1.14. The van der Waals surface area contributed by atoms with Gasteiger partial charge in [-0.25, -0.2) is 0 Å². The van der Waals surface area contributed by atoms with Crippen molar-refractivity contribution in [3.8, 4) is 0 Å². The molecule has 0 amide bonds. The second-order valence-electron chi connectivity index (χ2n) is 3.46. The molecule has 0 aliphatic rings. The van der Waals surface area contributed by atoms with Crippen LogP contribution in [0.25, 0.3) is 0 Å². The third-order valence-corrected chi connectivity index (χ3v) is 3.21. The lowest BCUT2D eigenvalue weighted by molar-refractivity contribution is 1.12. The lowest BCUT2D eigenvalue weighted by Crippen LogP contribution is -1.97. The van der Waals surface area contributed by atoms with Crippen molar-refractivity contribution in [2.45, 2.75) is 19.1 Å². The average molecular weight is 237 g/mol. The van der Waals surface area contributed by atoms with E-state index in [-0.39, 0.29) is 0 Å². The molecule has 0 aliphatic carbocycles. The van der Waals surface area contributed by atoms with Crippen molar-refractivity contribution in [2.24, 2.45) is 4.99 Å². The zero-order valence-corrected chi connectivity index (χ0v) is 10.9. The number of thioether (sulfide) groups is 1. The highest BCUT2D eigenvalue weighted by molar-refractivity contribution is 8.24. The molecule has 0 aliphatic heterocycles. The van der Waals surface area contributed by atoms with Crippen molar-refractivity contribution in [2.75, 3.05) is 7.05 Å². The van der Waals surface area contributed by atoms with E-state index in [2.05, 4.69) is 31.0 Å². The predicted octanol–water partition coefficient (Wildman–Crippen LogP) is 3.55. The molecule has 0 N–H and O–H groups in total. The van der Waals surface area contributed by atoms with Gasteiger partial charge in [-0.05, 0) is 11.1 Å².